The predicted octanol–water partition coefficient (Wildman–Crippen LogP) is 1.86. The number of imidazole rings is 1. The molecule has 4 N–H and O–H groups in total. The molecule has 12 nitrogen and oxygen atoms in total. The first-order valence-corrected chi connectivity index (χ1v) is 12.2. The van der Waals surface area contributed by atoms with Crippen molar-refractivity contribution in [3.05, 3.63) is 60.8 Å². The molecule has 0 saturated carbocycles. The maximum absolute atomic E-state index is 14.6. The van der Waals surface area contributed by atoms with E-state index in [0.29, 0.717) is 29.3 Å². The van der Waals surface area contributed by atoms with E-state index in [-0.39, 0.29) is 18.2 Å². The van der Waals surface area contributed by atoms with Crippen LogP contribution in [0.4, 0.5) is 21.7 Å². The fraction of sp³-hybridized carbons (Fsp3) is 0.308. The van der Waals surface area contributed by atoms with E-state index in [9.17, 15) is 4.39 Å². The molecule has 5 rings (SSSR count). The first-order valence-electron chi connectivity index (χ1n) is 12.2. The van der Waals surface area contributed by atoms with Gasteiger partial charge in [-0.05, 0) is 24.3 Å². The van der Waals surface area contributed by atoms with Gasteiger partial charge in [0.25, 0.3) is 0 Å². The van der Waals surface area contributed by atoms with E-state index in [2.05, 4.69) is 30.1 Å². The van der Waals surface area contributed by atoms with Gasteiger partial charge in [0, 0.05) is 50.7 Å². The minimum absolute atomic E-state index is 0.160. The number of carbonyl (C=O) groups is 1. The van der Waals surface area contributed by atoms with E-state index in [1.54, 1.807) is 17.7 Å². The quantitative estimate of drug-likeness (QED) is 0.260. The first kappa shape index (κ1) is 27.7. The number of carboxylic acids is 1. The molecule has 0 radical (unpaired) electrons. The second-order valence-corrected chi connectivity index (χ2v) is 8.58. The fourth-order valence-electron chi connectivity index (χ4n) is 4.19. The van der Waals surface area contributed by atoms with Gasteiger partial charge < -0.3 is 30.3 Å². The standard InChI is InChI=1S/C24H26FN7O2.C2H4O3/c1-34-21-14-17(31-10-8-30(9-11-31)12-13-33)5-6-19(21)28-24-27-15-18(25)23(29-24)20-16-26-22-4-2-3-7-32(20)22;3-1-2(4)5/h2-7,14-16,33H,8-13H2,1H3,(H,27,28,29);3H,1H2,(H,4,5). The zero-order chi connectivity index (χ0) is 27.8. The molecule has 0 atom stereocenters. The Morgan fingerprint density at radius 2 is 1.87 bits per heavy atom. The molecule has 0 amide bonds. The highest BCUT2D eigenvalue weighted by Crippen LogP contribution is 2.32. The lowest BCUT2D eigenvalue weighted by atomic mass is 10.2. The molecule has 0 bridgehead atoms. The normalized spacial score (nSPS) is 13.6. The van der Waals surface area contributed by atoms with Crippen molar-refractivity contribution in [3.8, 4) is 17.1 Å². The summed E-state index contributed by atoms with van der Waals surface area (Å²) < 4.78 is 22.0. The topological polar surface area (TPSA) is 149 Å². The second kappa shape index (κ2) is 13.0. The maximum atomic E-state index is 14.6. The van der Waals surface area contributed by atoms with Gasteiger partial charge in [-0.15, -0.1) is 0 Å². The number of methoxy groups -OCH3 is 1. The summed E-state index contributed by atoms with van der Waals surface area (Å²) in [6, 6.07) is 11.5. The average molecular weight is 540 g/mol. The lowest BCUT2D eigenvalue weighted by Crippen LogP contribution is -2.47. The highest BCUT2D eigenvalue weighted by molar-refractivity contribution is 5.69. The Morgan fingerprint density at radius 1 is 1.10 bits per heavy atom. The SMILES string of the molecule is COc1cc(N2CCN(CCO)CC2)ccc1Nc1ncc(F)c(-c2cnc3ccccn23)n1.O=C(O)CO. The van der Waals surface area contributed by atoms with Crippen molar-refractivity contribution in [2.45, 2.75) is 0 Å². The van der Waals surface area contributed by atoms with Crippen molar-refractivity contribution < 1.29 is 29.2 Å². The molecule has 3 aromatic heterocycles. The molecule has 0 unspecified atom stereocenters. The van der Waals surface area contributed by atoms with Crippen LogP contribution in [0.3, 0.4) is 0 Å². The Hall–Kier alpha value is -4.33. The summed E-state index contributed by atoms with van der Waals surface area (Å²) in [6.45, 7) is 3.66. The van der Waals surface area contributed by atoms with Crippen LogP contribution < -0.4 is 15.0 Å². The lowest BCUT2D eigenvalue weighted by molar-refractivity contribution is -0.140. The number of aromatic nitrogens is 4. The van der Waals surface area contributed by atoms with Crippen LogP contribution in [-0.4, -0.2) is 98.6 Å². The number of hydrogen-bond donors (Lipinski definition) is 4. The second-order valence-electron chi connectivity index (χ2n) is 8.58. The van der Waals surface area contributed by atoms with Crippen molar-refractivity contribution in [2.24, 2.45) is 0 Å². The molecule has 39 heavy (non-hydrogen) atoms. The van der Waals surface area contributed by atoms with Crippen LogP contribution in [0.25, 0.3) is 17.0 Å². The number of aliphatic carboxylic acids is 1. The summed E-state index contributed by atoms with van der Waals surface area (Å²) in [7, 11) is 1.61. The van der Waals surface area contributed by atoms with Gasteiger partial charge in [-0.1, -0.05) is 6.07 Å². The van der Waals surface area contributed by atoms with Crippen LogP contribution >= 0.6 is 0 Å². The lowest BCUT2D eigenvalue weighted by Gasteiger charge is -2.36. The van der Waals surface area contributed by atoms with Crippen LogP contribution in [-0.2, 0) is 4.79 Å². The number of ether oxygens (including phenoxy) is 1. The number of aliphatic hydroxyl groups is 2. The largest absolute Gasteiger partial charge is 0.494 e. The molecule has 0 spiro atoms. The third-order valence-electron chi connectivity index (χ3n) is 6.12. The van der Waals surface area contributed by atoms with Gasteiger partial charge in [0.1, 0.15) is 23.7 Å². The van der Waals surface area contributed by atoms with E-state index in [1.165, 1.54) is 0 Å². The molecule has 206 valence electrons. The Morgan fingerprint density at radius 3 is 2.56 bits per heavy atom. The number of nitrogens with zero attached hydrogens (tertiary/aromatic N) is 6. The van der Waals surface area contributed by atoms with Gasteiger partial charge in [0.2, 0.25) is 5.95 Å². The Labute approximate surface area is 224 Å². The number of benzene rings is 1. The van der Waals surface area contributed by atoms with Crippen LogP contribution in [0.2, 0.25) is 0 Å². The Kier molecular flexibility index (Phi) is 9.20. The number of halogens is 1. The minimum atomic E-state index is -1.19. The third-order valence-corrected chi connectivity index (χ3v) is 6.12. The number of pyridine rings is 1. The smallest absolute Gasteiger partial charge is 0.329 e. The van der Waals surface area contributed by atoms with E-state index < -0.39 is 18.4 Å². The number of nitrogens with one attached hydrogen (secondary N) is 1. The third kappa shape index (κ3) is 6.76. The molecule has 4 aromatic rings. The van der Waals surface area contributed by atoms with Gasteiger partial charge in [-0.3, -0.25) is 9.30 Å². The molecule has 0 aliphatic carbocycles. The van der Waals surface area contributed by atoms with Gasteiger partial charge in [-0.25, -0.2) is 24.1 Å². The van der Waals surface area contributed by atoms with Crippen molar-refractivity contribution in [1.82, 2.24) is 24.3 Å². The van der Waals surface area contributed by atoms with Crippen molar-refractivity contribution in [1.29, 1.82) is 0 Å². The number of aliphatic hydroxyl groups excluding tert-OH is 2. The van der Waals surface area contributed by atoms with Gasteiger partial charge in [-0.2, -0.15) is 0 Å². The zero-order valence-corrected chi connectivity index (χ0v) is 21.4. The summed E-state index contributed by atoms with van der Waals surface area (Å²) in [5, 5.41) is 27.3. The summed E-state index contributed by atoms with van der Waals surface area (Å²) in [6.07, 6.45) is 4.57. The van der Waals surface area contributed by atoms with Crippen LogP contribution in [0.1, 0.15) is 0 Å². The monoisotopic (exact) mass is 539 g/mol. The predicted molar refractivity (Wildman–Crippen MR) is 143 cm³/mol. The van der Waals surface area contributed by atoms with Crippen LogP contribution in [0.15, 0.2) is 55.0 Å². The molecule has 1 aliphatic rings. The van der Waals surface area contributed by atoms with Gasteiger partial charge in [0.15, 0.2) is 5.82 Å². The number of piperazine rings is 1. The Bertz CT molecular complexity index is 1410. The molecule has 1 saturated heterocycles. The summed E-state index contributed by atoms with van der Waals surface area (Å²) in [4.78, 5) is 26.5. The Balaban J connectivity index is 0.000000648. The van der Waals surface area contributed by atoms with Crippen molar-refractivity contribution >= 4 is 28.9 Å². The first-order chi connectivity index (χ1) is 18.9. The molecule has 1 aromatic carbocycles. The van der Waals surface area contributed by atoms with E-state index >= 15 is 0 Å². The summed E-state index contributed by atoms with van der Waals surface area (Å²) >= 11 is 0. The van der Waals surface area contributed by atoms with Crippen LogP contribution in [0, 0.1) is 5.82 Å². The average Bonchev–Trinajstić information content (AvgIpc) is 3.39. The number of fused-ring (bicyclic) bond motifs is 1. The number of hydrogen-bond acceptors (Lipinski definition) is 10. The molecule has 1 aliphatic heterocycles. The summed E-state index contributed by atoms with van der Waals surface area (Å²) in [5.74, 6) is -0.825. The minimum Gasteiger partial charge on any atom is -0.494 e. The fourth-order valence-corrected chi connectivity index (χ4v) is 4.19. The van der Waals surface area contributed by atoms with E-state index in [1.807, 2.05) is 42.6 Å². The zero-order valence-electron chi connectivity index (χ0n) is 21.4. The molecular weight excluding hydrogens is 509 g/mol. The maximum Gasteiger partial charge on any atom is 0.329 e. The number of carboxylic acid groups (broad SMARTS) is 1. The van der Waals surface area contributed by atoms with Crippen molar-refractivity contribution in [2.75, 3.05) is 63.3 Å². The number of anilines is 3. The van der Waals surface area contributed by atoms with E-state index in [0.717, 1.165) is 38.1 Å². The highest BCUT2D eigenvalue weighted by atomic mass is 19.1. The molecule has 13 heteroatoms. The highest BCUT2D eigenvalue weighted by Gasteiger charge is 2.19. The number of rotatable bonds is 8. The molecular formula is C26H30FN7O5. The summed E-state index contributed by atoms with van der Waals surface area (Å²) in [5.41, 5.74) is 3.14. The number of β-amino-alcohol motifs (C(OH)–C–C–N with tert-alkyl or cyclic N) is 1. The van der Waals surface area contributed by atoms with Gasteiger partial charge in [0.05, 0.1) is 37.5 Å². The van der Waals surface area contributed by atoms with Gasteiger partial charge >= 0.3 is 5.97 Å². The molecule has 1 fully saturated rings. The van der Waals surface area contributed by atoms with E-state index in [4.69, 9.17) is 24.9 Å². The van der Waals surface area contributed by atoms with Crippen molar-refractivity contribution in [3.63, 3.8) is 0 Å². The van der Waals surface area contributed by atoms with Crippen LogP contribution in [0.5, 0.6) is 5.75 Å². The molecule has 4 heterocycles.